The van der Waals surface area contributed by atoms with Gasteiger partial charge in [-0.25, -0.2) is 0 Å². The second-order valence-corrected chi connectivity index (χ2v) is 7.71. The van der Waals surface area contributed by atoms with Crippen molar-refractivity contribution in [3.8, 4) is 0 Å². The topological polar surface area (TPSA) is 179 Å². The summed E-state index contributed by atoms with van der Waals surface area (Å²) in [4.78, 5) is 62.5. The third-order valence-electron chi connectivity index (χ3n) is 4.97. The van der Waals surface area contributed by atoms with Crippen LogP contribution in [0.5, 0.6) is 0 Å². The summed E-state index contributed by atoms with van der Waals surface area (Å²) in [5.41, 5.74) is 0. The Hall–Kier alpha value is -2.77. The number of amides is 1. The number of hydrogen-bond acceptors (Lipinski definition) is 8. The van der Waals surface area contributed by atoms with Crippen molar-refractivity contribution in [3.05, 3.63) is 0 Å². The number of carbonyl (C=O) groups is 5. The quantitative estimate of drug-likeness (QED) is 0.204. The molecule has 0 radical (unpaired) electrons. The van der Waals surface area contributed by atoms with Crippen molar-refractivity contribution in [1.29, 1.82) is 0 Å². The van der Waals surface area contributed by atoms with E-state index in [-0.39, 0.29) is 45.2 Å². The van der Waals surface area contributed by atoms with Gasteiger partial charge in [-0.3, -0.25) is 38.7 Å². The van der Waals surface area contributed by atoms with Crippen LogP contribution in [-0.4, -0.2) is 142 Å². The average Bonchev–Trinajstić information content (AvgIpc) is 2.68. The second-order valence-electron chi connectivity index (χ2n) is 7.71. The monoisotopic (exact) mass is 460 g/mol. The highest BCUT2D eigenvalue weighted by Crippen LogP contribution is 2.09. The van der Waals surface area contributed by atoms with Gasteiger partial charge in [-0.05, 0) is 19.3 Å². The fourth-order valence-electron chi connectivity index (χ4n) is 3.46. The van der Waals surface area contributed by atoms with Crippen LogP contribution in [0.3, 0.4) is 0 Å². The Bertz CT molecular complexity index is 651. The highest BCUT2D eigenvalue weighted by molar-refractivity contribution is 5.79. The fourth-order valence-corrected chi connectivity index (χ4v) is 3.46. The van der Waals surface area contributed by atoms with Gasteiger partial charge in [-0.15, -0.1) is 0 Å². The first-order valence-electron chi connectivity index (χ1n) is 10.4. The van der Waals surface area contributed by atoms with Gasteiger partial charge >= 0.3 is 23.9 Å². The number of carboxylic acid groups (broad SMARTS) is 4. The molecule has 1 aliphatic heterocycles. The van der Waals surface area contributed by atoms with Crippen molar-refractivity contribution >= 4 is 29.8 Å². The zero-order chi connectivity index (χ0) is 24.1. The van der Waals surface area contributed by atoms with Crippen molar-refractivity contribution in [1.82, 2.24) is 19.6 Å². The largest absolute Gasteiger partial charge is 0.480 e. The van der Waals surface area contributed by atoms with Crippen LogP contribution in [-0.2, 0) is 24.0 Å². The number of piperidine rings is 1. The van der Waals surface area contributed by atoms with Crippen molar-refractivity contribution < 1.29 is 44.4 Å². The van der Waals surface area contributed by atoms with Crippen LogP contribution in [0.2, 0.25) is 0 Å². The highest BCUT2D eigenvalue weighted by atomic mass is 16.4. The van der Waals surface area contributed by atoms with Crippen LogP contribution >= 0.6 is 0 Å². The predicted octanol–water partition coefficient (Wildman–Crippen LogP) is -1.76. The molecule has 4 N–H and O–H groups in total. The lowest BCUT2D eigenvalue weighted by Gasteiger charge is -2.31. The maximum absolute atomic E-state index is 12.5. The van der Waals surface area contributed by atoms with Gasteiger partial charge < -0.3 is 25.3 Å². The zero-order valence-corrected chi connectivity index (χ0v) is 18.0. The molecule has 0 aromatic rings. The summed E-state index contributed by atoms with van der Waals surface area (Å²) < 4.78 is 0. The van der Waals surface area contributed by atoms with E-state index in [4.69, 9.17) is 20.4 Å². The number of likely N-dealkylation sites (tertiary alicyclic amines) is 1. The summed E-state index contributed by atoms with van der Waals surface area (Å²) in [5.74, 6) is -4.85. The number of carbonyl (C=O) groups excluding carboxylic acids is 1. The Kier molecular flexibility index (Phi) is 12.2. The van der Waals surface area contributed by atoms with Crippen LogP contribution in [0, 0.1) is 0 Å². The van der Waals surface area contributed by atoms with Gasteiger partial charge in [0.15, 0.2) is 0 Å². The number of hydrogen-bond donors (Lipinski definition) is 4. The second kappa shape index (κ2) is 14.3. The molecule has 0 unspecified atom stereocenters. The highest BCUT2D eigenvalue weighted by Gasteiger charge is 2.22. The SMILES string of the molecule is O=C(O)CN(CCN(CC(=O)O)CC(=O)O)CCN(CC(=O)O)CC(=O)N1CCCCC1. The average molecular weight is 460 g/mol. The molecular formula is C19H32N4O9. The molecule has 0 saturated carbocycles. The Morgan fingerprint density at radius 2 is 0.875 bits per heavy atom. The predicted molar refractivity (Wildman–Crippen MR) is 110 cm³/mol. The molecule has 13 heteroatoms. The molecule has 0 aromatic carbocycles. The van der Waals surface area contributed by atoms with E-state index >= 15 is 0 Å². The lowest BCUT2D eigenvalue weighted by molar-refractivity contribution is -0.143. The van der Waals surface area contributed by atoms with Crippen LogP contribution in [0.1, 0.15) is 19.3 Å². The molecule has 1 amide bonds. The van der Waals surface area contributed by atoms with Gasteiger partial charge in [0.1, 0.15) is 0 Å². The first-order valence-corrected chi connectivity index (χ1v) is 10.4. The van der Waals surface area contributed by atoms with E-state index in [2.05, 4.69) is 0 Å². The normalized spacial score (nSPS) is 14.2. The molecule has 1 fully saturated rings. The third kappa shape index (κ3) is 12.2. The van der Waals surface area contributed by atoms with E-state index in [1.165, 1.54) is 9.80 Å². The van der Waals surface area contributed by atoms with Gasteiger partial charge in [-0.1, -0.05) is 0 Å². The summed E-state index contributed by atoms with van der Waals surface area (Å²) in [5, 5.41) is 36.2. The number of nitrogens with zero attached hydrogens (tertiary/aromatic N) is 4. The Balaban J connectivity index is 2.70. The molecule has 1 aliphatic rings. The molecule has 13 nitrogen and oxygen atoms in total. The summed E-state index contributed by atoms with van der Waals surface area (Å²) in [6.45, 7) is -0.354. The van der Waals surface area contributed by atoms with Crippen LogP contribution in [0.25, 0.3) is 0 Å². The maximum atomic E-state index is 12.5. The van der Waals surface area contributed by atoms with Crippen LogP contribution in [0.4, 0.5) is 0 Å². The van der Waals surface area contributed by atoms with Gasteiger partial charge in [-0.2, -0.15) is 0 Å². The Morgan fingerprint density at radius 3 is 1.28 bits per heavy atom. The molecular weight excluding hydrogens is 428 g/mol. The number of aliphatic carboxylic acids is 4. The number of rotatable bonds is 16. The Labute approximate surface area is 185 Å². The lowest BCUT2D eigenvalue weighted by Crippen LogP contribution is -2.47. The fraction of sp³-hybridized carbons (Fsp3) is 0.737. The minimum absolute atomic E-state index is 0.00246. The molecule has 32 heavy (non-hydrogen) atoms. The molecule has 0 aliphatic carbocycles. The summed E-state index contributed by atoms with van der Waals surface area (Å²) in [6.07, 6.45) is 2.86. The van der Waals surface area contributed by atoms with E-state index in [0.717, 1.165) is 24.2 Å². The molecule has 182 valence electrons. The van der Waals surface area contributed by atoms with Crippen LogP contribution < -0.4 is 0 Å². The van der Waals surface area contributed by atoms with Gasteiger partial charge in [0.25, 0.3) is 0 Å². The first-order chi connectivity index (χ1) is 15.1. The van der Waals surface area contributed by atoms with E-state index < -0.39 is 43.5 Å². The van der Waals surface area contributed by atoms with Crippen molar-refractivity contribution in [2.75, 3.05) is 72.0 Å². The summed E-state index contributed by atoms with van der Waals surface area (Å²) in [6, 6.07) is 0. The van der Waals surface area contributed by atoms with Gasteiger partial charge in [0.05, 0.1) is 32.7 Å². The lowest BCUT2D eigenvalue weighted by atomic mass is 10.1. The van der Waals surface area contributed by atoms with Crippen molar-refractivity contribution in [3.63, 3.8) is 0 Å². The standard InChI is InChI=1S/C19H32N4O9/c24-15(23-4-2-1-3-5-23)10-21(12-17(27)28)8-6-20(11-16(25)26)7-9-22(13-18(29)30)14-19(31)32/h1-14H2,(H,25,26)(H,27,28)(H,29,30)(H,31,32). The van der Waals surface area contributed by atoms with Gasteiger partial charge in [0.2, 0.25) is 5.91 Å². The van der Waals surface area contributed by atoms with E-state index in [0.29, 0.717) is 13.1 Å². The van der Waals surface area contributed by atoms with Gasteiger partial charge in [0, 0.05) is 39.3 Å². The van der Waals surface area contributed by atoms with E-state index in [1.54, 1.807) is 4.90 Å². The third-order valence-corrected chi connectivity index (χ3v) is 4.97. The molecule has 1 saturated heterocycles. The summed E-state index contributed by atoms with van der Waals surface area (Å²) in [7, 11) is 0. The smallest absolute Gasteiger partial charge is 0.317 e. The molecule has 0 atom stereocenters. The first kappa shape index (κ1) is 27.3. The van der Waals surface area contributed by atoms with Crippen molar-refractivity contribution in [2.45, 2.75) is 19.3 Å². The van der Waals surface area contributed by atoms with Crippen LogP contribution in [0.15, 0.2) is 0 Å². The summed E-state index contributed by atoms with van der Waals surface area (Å²) >= 11 is 0. The zero-order valence-electron chi connectivity index (χ0n) is 18.0. The molecule has 1 rings (SSSR count). The molecule has 0 bridgehead atoms. The minimum atomic E-state index is -1.21. The van der Waals surface area contributed by atoms with Crippen molar-refractivity contribution in [2.24, 2.45) is 0 Å². The maximum Gasteiger partial charge on any atom is 0.317 e. The molecule has 1 heterocycles. The Morgan fingerprint density at radius 1 is 0.531 bits per heavy atom. The minimum Gasteiger partial charge on any atom is -0.480 e. The molecule has 0 spiro atoms. The van der Waals surface area contributed by atoms with E-state index in [9.17, 15) is 24.0 Å². The molecule has 0 aromatic heterocycles. The number of carboxylic acids is 4. The van der Waals surface area contributed by atoms with E-state index in [1.807, 2.05) is 0 Å².